The van der Waals surface area contributed by atoms with Crippen LogP contribution >= 0.6 is 0 Å². The lowest BCUT2D eigenvalue weighted by Crippen LogP contribution is -2.05. The lowest BCUT2D eigenvalue weighted by molar-refractivity contribution is 1.04. The molecule has 154 valence electrons. The predicted molar refractivity (Wildman–Crippen MR) is 133 cm³/mol. The van der Waals surface area contributed by atoms with Crippen molar-refractivity contribution in [3.8, 4) is 0 Å². The van der Waals surface area contributed by atoms with Gasteiger partial charge in [-0.3, -0.25) is 0 Å². The van der Waals surface area contributed by atoms with Crippen LogP contribution in [0.1, 0.15) is 32.3 Å². The molecule has 0 amide bonds. The Bertz CT molecular complexity index is 780. The summed E-state index contributed by atoms with van der Waals surface area (Å²) in [5.74, 6) is 0. The Hall–Kier alpha value is -2.90. The number of allylic oxidation sites excluding steroid dienone is 13. The molecule has 1 saturated carbocycles. The molecule has 0 heterocycles. The van der Waals surface area contributed by atoms with Crippen molar-refractivity contribution in [3.05, 3.63) is 132 Å². The van der Waals surface area contributed by atoms with E-state index in [0.29, 0.717) is 0 Å². The quantitative estimate of drug-likeness (QED) is 0.531. The fraction of sp³-hybridized carbons (Fsp3) is 0.214. The van der Waals surface area contributed by atoms with E-state index in [1.165, 1.54) is 40.5 Å². The van der Waals surface area contributed by atoms with E-state index in [9.17, 15) is 0 Å². The highest BCUT2D eigenvalue weighted by Crippen LogP contribution is 2.37. The molecule has 1 aromatic carbocycles. The summed E-state index contributed by atoms with van der Waals surface area (Å²) in [4.78, 5) is 0. The number of hydrogen-bond acceptors (Lipinski definition) is 1. The molecule has 0 bridgehead atoms. The Morgan fingerprint density at radius 2 is 1.69 bits per heavy atom. The summed E-state index contributed by atoms with van der Waals surface area (Å²) in [5.41, 5.74) is 12.1. The van der Waals surface area contributed by atoms with Crippen molar-refractivity contribution in [2.24, 2.45) is 5.73 Å². The molecule has 29 heavy (non-hydrogen) atoms. The van der Waals surface area contributed by atoms with Crippen LogP contribution in [0.25, 0.3) is 0 Å². The van der Waals surface area contributed by atoms with Crippen molar-refractivity contribution < 1.29 is 0 Å². The van der Waals surface area contributed by atoms with Crippen molar-refractivity contribution in [2.75, 3.05) is 7.05 Å². The molecule has 0 radical (unpaired) electrons. The zero-order valence-electron chi connectivity index (χ0n) is 18.6. The van der Waals surface area contributed by atoms with Crippen LogP contribution in [0.2, 0.25) is 0 Å². The molecular formula is C28H37N. The molecule has 3 rings (SSSR count). The second-order valence-electron chi connectivity index (χ2n) is 6.61. The standard InChI is InChI=1S/C12H12.C8H12.C7H8.CH5N/c1-9-7-10(2)12(9)8-11-5-3-4-6-11;1-4-6-7-8(3)5-2;1-7-5-3-2-4-6-7;1-2/h3-5,8H,1-2,6-7H2;4-7H,2H2,1,3H3;2-6H,1H3;2H2,1H3/b;6-4-,8-7-;;. The van der Waals surface area contributed by atoms with Crippen molar-refractivity contribution in [3.63, 3.8) is 0 Å². The zero-order chi connectivity index (χ0) is 22.1. The van der Waals surface area contributed by atoms with Crippen molar-refractivity contribution in [1.82, 2.24) is 0 Å². The van der Waals surface area contributed by atoms with Gasteiger partial charge in [0.2, 0.25) is 0 Å². The van der Waals surface area contributed by atoms with Crippen LogP contribution < -0.4 is 5.73 Å². The Kier molecular flexibility index (Phi) is 14.5. The van der Waals surface area contributed by atoms with E-state index in [1.54, 1.807) is 0 Å². The highest BCUT2D eigenvalue weighted by atomic mass is 14.4. The molecular weight excluding hydrogens is 350 g/mol. The molecule has 1 fully saturated rings. The molecule has 0 saturated heterocycles. The van der Waals surface area contributed by atoms with Gasteiger partial charge in [0.05, 0.1) is 0 Å². The van der Waals surface area contributed by atoms with Gasteiger partial charge < -0.3 is 5.73 Å². The van der Waals surface area contributed by atoms with Crippen LogP contribution in [0.5, 0.6) is 0 Å². The average molecular weight is 388 g/mol. The Labute approximate surface area is 178 Å². The zero-order valence-corrected chi connectivity index (χ0v) is 18.6. The molecule has 0 atom stereocenters. The molecule has 0 unspecified atom stereocenters. The van der Waals surface area contributed by atoms with Gasteiger partial charge in [0.1, 0.15) is 0 Å². The van der Waals surface area contributed by atoms with Crippen molar-refractivity contribution >= 4 is 0 Å². The van der Waals surface area contributed by atoms with Crippen LogP contribution in [0, 0.1) is 6.92 Å². The fourth-order valence-corrected chi connectivity index (χ4v) is 2.40. The van der Waals surface area contributed by atoms with Gasteiger partial charge in [-0.15, -0.1) is 0 Å². The minimum absolute atomic E-state index is 0.993. The SMILES string of the molecule is C=C/C(C)=C\C=C/C.C=C1CC(=C)C1=CC1=CC=CC1.CN.Cc1ccccc1. The van der Waals surface area contributed by atoms with Crippen LogP contribution in [0.3, 0.4) is 0 Å². The first-order valence-corrected chi connectivity index (χ1v) is 9.93. The third-order valence-corrected chi connectivity index (χ3v) is 4.13. The highest BCUT2D eigenvalue weighted by Gasteiger charge is 2.18. The van der Waals surface area contributed by atoms with Gasteiger partial charge in [0.15, 0.2) is 0 Å². The maximum Gasteiger partial charge on any atom is -0.00254 e. The summed E-state index contributed by atoms with van der Waals surface area (Å²) in [6.45, 7) is 17.6. The lowest BCUT2D eigenvalue weighted by atomic mass is 9.81. The Morgan fingerprint density at radius 1 is 1.07 bits per heavy atom. The van der Waals surface area contributed by atoms with Gasteiger partial charge in [-0.05, 0) is 63.0 Å². The van der Waals surface area contributed by atoms with E-state index in [0.717, 1.165) is 12.8 Å². The average Bonchev–Trinajstić information content (AvgIpc) is 3.27. The summed E-state index contributed by atoms with van der Waals surface area (Å²) < 4.78 is 0. The van der Waals surface area contributed by atoms with Crippen LogP contribution in [-0.2, 0) is 0 Å². The molecule has 2 aliphatic rings. The van der Waals surface area contributed by atoms with Gasteiger partial charge in [-0.2, -0.15) is 0 Å². The van der Waals surface area contributed by atoms with Crippen LogP contribution in [-0.4, -0.2) is 7.05 Å². The second kappa shape index (κ2) is 16.1. The number of benzene rings is 1. The van der Waals surface area contributed by atoms with Crippen LogP contribution in [0.4, 0.5) is 0 Å². The van der Waals surface area contributed by atoms with E-state index in [2.05, 4.69) is 68.8 Å². The summed E-state index contributed by atoms with van der Waals surface area (Å²) in [6, 6.07) is 10.3. The maximum absolute atomic E-state index is 4.50. The smallest absolute Gasteiger partial charge is 0.00254 e. The van der Waals surface area contributed by atoms with E-state index in [-0.39, 0.29) is 0 Å². The molecule has 1 nitrogen and oxygen atoms in total. The monoisotopic (exact) mass is 387 g/mol. The fourth-order valence-electron chi connectivity index (χ4n) is 2.40. The first kappa shape index (κ1) is 26.1. The summed E-state index contributed by atoms with van der Waals surface area (Å²) in [6.07, 6.45) is 18.5. The third-order valence-electron chi connectivity index (χ3n) is 4.13. The number of aryl methyl sites for hydroxylation is 1. The van der Waals surface area contributed by atoms with Gasteiger partial charge >= 0.3 is 0 Å². The van der Waals surface area contributed by atoms with Gasteiger partial charge in [-0.25, -0.2) is 0 Å². The lowest BCUT2D eigenvalue weighted by Gasteiger charge is -2.24. The molecule has 1 heteroatoms. The van der Waals surface area contributed by atoms with Crippen molar-refractivity contribution in [1.29, 1.82) is 0 Å². The van der Waals surface area contributed by atoms with Gasteiger partial charge in [-0.1, -0.05) is 110 Å². The van der Waals surface area contributed by atoms with E-state index < -0.39 is 0 Å². The topological polar surface area (TPSA) is 26.0 Å². The molecule has 2 N–H and O–H groups in total. The minimum Gasteiger partial charge on any atom is -0.333 e. The third kappa shape index (κ3) is 11.5. The van der Waals surface area contributed by atoms with Crippen LogP contribution in [0.15, 0.2) is 127 Å². The largest absolute Gasteiger partial charge is 0.333 e. The summed E-state index contributed by atoms with van der Waals surface area (Å²) in [5, 5.41) is 0. The molecule has 0 spiro atoms. The molecule has 2 aliphatic carbocycles. The van der Waals surface area contributed by atoms with E-state index in [1.807, 2.05) is 56.4 Å². The van der Waals surface area contributed by atoms with E-state index >= 15 is 0 Å². The first-order valence-electron chi connectivity index (χ1n) is 9.93. The summed E-state index contributed by atoms with van der Waals surface area (Å²) in [7, 11) is 1.50. The number of nitrogens with two attached hydrogens (primary N) is 1. The van der Waals surface area contributed by atoms with Crippen molar-refractivity contribution in [2.45, 2.75) is 33.6 Å². The number of rotatable bonds is 3. The molecule has 0 aromatic heterocycles. The van der Waals surface area contributed by atoms with Gasteiger partial charge in [0.25, 0.3) is 0 Å². The molecule has 0 aliphatic heterocycles. The minimum atomic E-state index is 0.993. The maximum atomic E-state index is 4.50. The normalized spacial score (nSPS) is 14.4. The first-order chi connectivity index (χ1) is 14.0. The highest BCUT2D eigenvalue weighted by molar-refractivity contribution is 5.59. The van der Waals surface area contributed by atoms with Gasteiger partial charge in [0, 0.05) is 0 Å². The second-order valence-corrected chi connectivity index (χ2v) is 6.61. The number of hydrogen-bond donors (Lipinski definition) is 1. The summed E-state index contributed by atoms with van der Waals surface area (Å²) >= 11 is 0. The Balaban J connectivity index is 0.000000407. The van der Waals surface area contributed by atoms with E-state index in [4.69, 9.17) is 0 Å². The Morgan fingerprint density at radius 3 is 2.07 bits per heavy atom. The predicted octanol–water partition coefficient (Wildman–Crippen LogP) is 7.58. The molecule has 1 aromatic rings.